The molecule has 28 heavy (non-hydrogen) atoms. The van der Waals surface area contributed by atoms with Crippen molar-refractivity contribution in [3.8, 4) is 0 Å². The van der Waals surface area contributed by atoms with Crippen molar-refractivity contribution in [1.29, 1.82) is 0 Å². The molecule has 2 aromatic carbocycles. The average Bonchev–Trinajstić information content (AvgIpc) is 2.67. The third-order valence-corrected chi connectivity index (χ3v) is 6.33. The fraction of sp³-hybridized carbons (Fsp3) is 0.300. The highest BCUT2D eigenvalue weighted by atomic mass is 79.9. The van der Waals surface area contributed by atoms with Crippen molar-refractivity contribution in [2.24, 2.45) is 0 Å². The molecule has 0 aromatic heterocycles. The van der Waals surface area contributed by atoms with Gasteiger partial charge in [0, 0.05) is 33.9 Å². The maximum Gasteiger partial charge on any atom is 0.242 e. The molecule has 1 N–H and O–H groups in total. The molecule has 0 saturated carbocycles. The van der Waals surface area contributed by atoms with Gasteiger partial charge in [-0.15, -0.1) is 11.8 Å². The van der Waals surface area contributed by atoms with Crippen LogP contribution in [0.15, 0.2) is 46.9 Å². The molecular weight excluding hydrogens is 483 g/mol. The second kappa shape index (κ2) is 11.1. The fourth-order valence-corrected chi connectivity index (χ4v) is 4.71. The van der Waals surface area contributed by atoms with Crippen LogP contribution in [0.2, 0.25) is 10.0 Å². The molecule has 1 atom stereocenters. The van der Waals surface area contributed by atoms with E-state index >= 15 is 0 Å². The number of thioether (sulfide) groups is 1. The molecule has 0 bridgehead atoms. The van der Waals surface area contributed by atoms with Crippen LogP contribution in [0.1, 0.15) is 18.1 Å². The standard InChI is InChI=1S/C20H21BrCl2N2O2S/c1-13(20(27)24-2)25(10-14-5-3-6-15(21)9-14)19(26)12-28-11-16-17(22)7-4-8-18(16)23/h3-9,13H,10-12H2,1-2H3,(H,24,27)/t13-/m0/s1. The molecule has 0 saturated heterocycles. The molecule has 0 spiro atoms. The molecule has 0 aliphatic rings. The van der Waals surface area contributed by atoms with Crippen molar-refractivity contribution in [3.63, 3.8) is 0 Å². The molecule has 0 heterocycles. The molecule has 0 unspecified atom stereocenters. The predicted octanol–water partition coefficient (Wildman–Crippen LogP) is 5.15. The largest absolute Gasteiger partial charge is 0.357 e. The summed E-state index contributed by atoms with van der Waals surface area (Å²) in [6.45, 7) is 2.07. The molecule has 2 aromatic rings. The number of likely N-dealkylation sites (N-methyl/N-ethyl adjacent to an activating group) is 1. The van der Waals surface area contributed by atoms with Crippen molar-refractivity contribution >= 4 is 62.7 Å². The summed E-state index contributed by atoms with van der Waals surface area (Å²) in [5, 5.41) is 3.77. The zero-order valence-corrected chi connectivity index (χ0v) is 19.5. The Labute approximate surface area is 188 Å². The Kier molecular flexibility index (Phi) is 9.15. The van der Waals surface area contributed by atoms with Gasteiger partial charge in [0.25, 0.3) is 0 Å². The maximum atomic E-state index is 12.9. The smallest absolute Gasteiger partial charge is 0.242 e. The first-order valence-electron chi connectivity index (χ1n) is 8.59. The highest BCUT2D eigenvalue weighted by Gasteiger charge is 2.25. The summed E-state index contributed by atoms with van der Waals surface area (Å²) < 4.78 is 0.924. The van der Waals surface area contributed by atoms with Crippen LogP contribution >= 0.6 is 50.9 Å². The van der Waals surface area contributed by atoms with E-state index in [0.29, 0.717) is 22.3 Å². The molecule has 2 amide bonds. The first-order valence-corrected chi connectivity index (χ1v) is 11.3. The molecule has 8 heteroatoms. The Morgan fingerprint density at radius 2 is 1.82 bits per heavy atom. The summed E-state index contributed by atoms with van der Waals surface area (Å²) >= 11 is 17.2. The number of amides is 2. The second-order valence-corrected chi connectivity index (χ2v) is 8.85. The summed E-state index contributed by atoms with van der Waals surface area (Å²) in [6.07, 6.45) is 0. The minimum absolute atomic E-state index is 0.121. The first kappa shape index (κ1) is 23.1. The molecular formula is C20H21BrCl2N2O2S. The normalized spacial score (nSPS) is 11.8. The highest BCUT2D eigenvalue weighted by molar-refractivity contribution is 9.10. The van der Waals surface area contributed by atoms with Crippen LogP contribution < -0.4 is 5.32 Å². The fourth-order valence-electron chi connectivity index (χ4n) is 2.62. The molecule has 2 rings (SSSR count). The van der Waals surface area contributed by atoms with Crippen LogP contribution in [0.5, 0.6) is 0 Å². The number of hydrogen-bond donors (Lipinski definition) is 1. The number of benzene rings is 2. The van der Waals surface area contributed by atoms with Gasteiger partial charge < -0.3 is 10.2 Å². The van der Waals surface area contributed by atoms with Gasteiger partial charge in [-0.1, -0.05) is 57.3 Å². The van der Waals surface area contributed by atoms with Crippen LogP contribution in [0.25, 0.3) is 0 Å². The zero-order valence-electron chi connectivity index (χ0n) is 15.5. The second-order valence-electron chi connectivity index (χ2n) is 6.13. The summed E-state index contributed by atoms with van der Waals surface area (Å²) in [7, 11) is 1.56. The topological polar surface area (TPSA) is 49.4 Å². The third kappa shape index (κ3) is 6.41. The van der Waals surface area contributed by atoms with E-state index in [-0.39, 0.29) is 17.6 Å². The van der Waals surface area contributed by atoms with Gasteiger partial charge in [-0.3, -0.25) is 9.59 Å². The van der Waals surface area contributed by atoms with Gasteiger partial charge in [-0.25, -0.2) is 0 Å². The Morgan fingerprint density at radius 1 is 1.18 bits per heavy atom. The molecule has 0 aliphatic carbocycles. The van der Waals surface area contributed by atoms with E-state index in [1.165, 1.54) is 11.8 Å². The van der Waals surface area contributed by atoms with Gasteiger partial charge in [0.2, 0.25) is 11.8 Å². The van der Waals surface area contributed by atoms with E-state index in [9.17, 15) is 9.59 Å². The van der Waals surface area contributed by atoms with E-state index in [4.69, 9.17) is 23.2 Å². The van der Waals surface area contributed by atoms with Crippen LogP contribution in [0.4, 0.5) is 0 Å². The van der Waals surface area contributed by atoms with E-state index in [1.54, 1.807) is 37.1 Å². The minimum Gasteiger partial charge on any atom is -0.357 e. The first-order chi connectivity index (χ1) is 13.3. The van der Waals surface area contributed by atoms with Gasteiger partial charge in [-0.2, -0.15) is 0 Å². The van der Waals surface area contributed by atoms with E-state index in [2.05, 4.69) is 21.2 Å². The van der Waals surface area contributed by atoms with Crippen LogP contribution in [0, 0.1) is 0 Å². The monoisotopic (exact) mass is 502 g/mol. The quantitative estimate of drug-likeness (QED) is 0.541. The Balaban J connectivity index is 2.08. The van der Waals surface area contributed by atoms with E-state index < -0.39 is 6.04 Å². The number of nitrogens with zero attached hydrogens (tertiary/aromatic N) is 1. The maximum absolute atomic E-state index is 12.9. The molecule has 150 valence electrons. The number of halogens is 3. The number of nitrogens with one attached hydrogen (secondary N) is 1. The lowest BCUT2D eigenvalue weighted by Gasteiger charge is -2.28. The molecule has 4 nitrogen and oxygen atoms in total. The minimum atomic E-state index is -0.582. The Hall–Kier alpha value is -1.21. The van der Waals surface area contributed by atoms with Gasteiger partial charge in [-0.05, 0) is 42.3 Å². The molecule has 0 aliphatic heterocycles. The number of rotatable bonds is 8. The predicted molar refractivity (Wildman–Crippen MR) is 121 cm³/mol. The zero-order chi connectivity index (χ0) is 20.7. The van der Waals surface area contributed by atoms with Crippen LogP contribution in [-0.4, -0.2) is 35.6 Å². The lowest BCUT2D eigenvalue weighted by atomic mass is 10.1. The highest BCUT2D eigenvalue weighted by Crippen LogP contribution is 2.28. The SMILES string of the molecule is CNC(=O)[C@H](C)N(Cc1cccc(Br)c1)C(=O)CSCc1c(Cl)cccc1Cl. The van der Waals surface area contributed by atoms with Gasteiger partial charge in [0.15, 0.2) is 0 Å². The lowest BCUT2D eigenvalue weighted by molar-refractivity contribution is -0.138. The lowest BCUT2D eigenvalue weighted by Crippen LogP contribution is -2.47. The van der Waals surface area contributed by atoms with Crippen molar-refractivity contribution in [1.82, 2.24) is 10.2 Å². The van der Waals surface area contributed by atoms with E-state index in [1.807, 2.05) is 24.3 Å². The van der Waals surface area contributed by atoms with Gasteiger partial charge in [0.05, 0.1) is 5.75 Å². The van der Waals surface area contributed by atoms with Crippen molar-refractivity contribution < 1.29 is 9.59 Å². The van der Waals surface area contributed by atoms with Crippen LogP contribution in [0.3, 0.4) is 0 Å². The van der Waals surface area contributed by atoms with Crippen molar-refractivity contribution in [3.05, 3.63) is 68.1 Å². The summed E-state index contributed by atoms with van der Waals surface area (Å²) in [5.41, 5.74) is 1.75. The van der Waals surface area contributed by atoms with Gasteiger partial charge in [0.1, 0.15) is 6.04 Å². The Morgan fingerprint density at radius 3 is 2.43 bits per heavy atom. The third-order valence-electron chi connectivity index (χ3n) is 4.19. The number of carbonyl (C=O) groups is 2. The summed E-state index contributed by atoms with van der Waals surface area (Å²) in [5.74, 6) is 0.409. The number of carbonyl (C=O) groups excluding carboxylic acids is 2. The molecule has 0 radical (unpaired) electrons. The van der Waals surface area contributed by atoms with Crippen LogP contribution in [-0.2, 0) is 21.9 Å². The van der Waals surface area contributed by atoms with E-state index in [0.717, 1.165) is 15.6 Å². The van der Waals surface area contributed by atoms with Gasteiger partial charge >= 0.3 is 0 Å². The average molecular weight is 504 g/mol. The van der Waals surface area contributed by atoms with Crippen molar-refractivity contribution in [2.75, 3.05) is 12.8 Å². The number of hydrogen-bond acceptors (Lipinski definition) is 3. The van der Waals surface area contributed by atoms with Crippen molar-refractivity contribution in [2.45, 2.75) is 25.3 Å². The summed E-state index contributed by atoms with van der Waals surface area (Å²) in [4.78, 5) is 26.6. The summed E-state index contributed by atoms with van der Waals surface area (Å²) in [6, 6.07) is 12.4. The Bertz CT molecular complexity index is 830. The molecule has 0 fully saturated rings.